The van der Waals surface area contributed by atoms with Crippen LogP contribution in [0.15, 0.2) is 27.9 Å². The molecule has 3 rings (SSSR count). The van der Waals surface area contributed by atoms with Gasteiger partial charge in [0.15, 0.2) is 9.84 Å². The predicted molar refractivity (Wildman–Crippen MR) is 98.7 cm³/mol. The second kappa shape index (κ2) is 7.19. The molecule has 1 fully saturated rings. The average Bonchev–Trinajstić information content (AvgIpc) is 3.19. The molecule has 0 radical (unpaired) electrons. The first-order valence-corrected chi connectivity index (χ1v) is 10.8. The highest BCUT2D eigenvalue weighted by Gasteiger charge is 2.29. The molecule has 0 bridgehead atoms. The van der Waals surface area contributed by atoms with Gasteiger partial charge in [0.05, 0.1) is 27.7 Å². The van der Waals surface area contributed by atoms with Gasteiger partial charge in [0.25, 0.3) is 0 Å². The van der Waals surface area contributed by atoms with Gasteiger partial charge in [-0.15, -0.1) is 11.3 Å². The number of anilines is 1. The van der Waals surface area contributed by atoms with Crippen LogP contribution in [-0.2, 0) is 15.6 Å². The van der Waals surface area contributed by atoms with Gasteiger partial charge >= 0.3 is 0 Å². The summed E-state index contributed by atoms with van der Waals surface area (Å²) in [5.41, 5.74) is 2.43. The fourth-order valence-electron chi connectivity index (χ4n) is 3.16. The summed E-state index contributed by atoms with van der Waals surface area (Å²) in [5.74, 6) is -1.14. The number of rotatable bonds is 5. The summed E-state index contributed by atoms with van der Waals surface area (Å²) in [6, 6.07) is 2.84. The van der Waals surface area contributed by atoms with Crippen LogP contribution in [0.4, 0.5) is 10.1 Å². The fourth-order valence-corrected chi connectivity index (χ4v) is 5.54. The first-order chi connectivity index (χ1) is 11.8. The van der Waals surface area contributed by atoms with E-state index >= 15 is 0 Å². The van der Waals surface area contributed by atoms with Crippen molar-refractivity contribution in [2.45, 2.75) is 36.1 Å². The van der Waals surface area contributed by atoms with Gasteiger partial charge in [0.1, 0.15) is 10.7 Å². The SMILES string of the molecule is C[C@H]1NCCC1N(C)c1cc(F)c(S(=O)(=O)Cc2cscn2)cc1Cl. The van der Waals surface area contributed by atoms with Crippen LogP contribution < -0.4 is 10.2 Å². The molecule has 1 saturated heterocycles. The highest BCUT2D eigenvalue weighted by Crippen LogP contribution is 2.34. The van der Waals surface area contributed by atoms with E-state index in [1.165, 1.54) is 23.5 Å². The van der Waals surface area contributed by atoms with Gasteiger partial charge in [-0.2, -0.15) is 0 Å². The van der Waals surface area contributed by atoms with Crippen molar-refractivity contribution in [1.29, 1.82) is 0 Å². The Hall–Kier alpha value is -1.22. The number of likely N-dealkylation sites (N-methyl/N-ethyl adjacent to an activating group) is 1. The van der Waals surface area contributed by atoms with Gasteiger partial charge in [-0.1, -0.05) is 11.6 Å². The molecule has 0 spiro atoms. The Balaban J connectivity index is 1.92. The molecule has 1 aromatic heterocycles. The van der Waals surface area contributed by atoms with Crippen LogP contribution in [-0.4, -0.2) is 39.1 Å². The molecule has 1 aliphatic rings. The van der Waals surface area contributed by atoms with Crippen molar-refractivity contribution >= 4 is 38.5 Å². The van der Waals surface area contributed by atoms with E-state index in [1.54, 1.807) is 10.9 Å². The van der Waals surface area contributed by atoms with Gasteiger partial charge in [0, 0.05) is 30.6 Å². The molecule has 9 heteroatoms. The first kappa shape index (κ1) is 18.6. The third kappa shape index (κ3) is 3.81. The lowest BCUT2D eigenvalue weighted by atomic mass is 10.1. The minimum atomic E-state index is -3.85. The minimum Gasteiger partial charge on any atom is -0.369 e. The fraction of sp³-hybridized carbons (Fsp3) is 0.438. The number of nitrogens with zero attached hydrogens (tertiary/aromatic N) is 2. The monoisotopic (exact) mass is 403 g/mol. The van der Waals surface area contributed by atoms with Crippen LogP contribution in [0.3, 0.4) is 0 Å². The standard InChI is InChI=1S/C16H19ClFN3O2S2/c1-10-14(3-4-19-10)21(2)15-6-13(18)16(5-12(15)17)25(22,23)8-11-7-24-9-20-11/h5-7,9-10,14,19H,3-4,8H2,1-2H3/t10-,14?/m1/s1. The summed E-state index contributed by atoms with van der Waals surface area (Å²) in [6.07, 6.45) is 0.916. The van der Waals surface area contributed by atoms with Gasteiger partial charge in [-0.3, -0.25) is 0 Å². The summed E-state index contributed by atoms with van der Waals surface area (Å²) in [4.78, 5) is 5.48. The van der Waals surface area contributed by atoms with E-state index in [0.29, 0.717) is 11.4 Å². The lowest BCUT2D eigenvalue weighted by Crippen LogP contribution is -2.40. The summed E-state index contributed by atoms with van der Waals surface area (Å²) >= 11 is 7.60. The summed E-state index contributed by atoms with van der Waals surface area (Å²) < 4.78 is 39.6. The average molecular weight is 404 g/mol. The molecular weight excluding hydrogens is 385 g/mol. The predicted octanol–water partition coefficient (Wildman–Crippen LogP) is 3.10. The normalized spacial score (nSPS) is 20.8. The van der Waals surface area contributed by atoms with E-state index in [2.05, 4.69) is 17.2 Å². The number of aromatic nitrogens is 1. The minimum absolute atomic E-state index is 0.175. The van der Waals surface area contributed by atoms with Gasteiger partial charge < -0.3 is 10.2 Å². The number of sulfone groups is 1. The van der Waals surface area contributed by atoms with Crippen molar-refractivity contribution in [2.24, 2.45) is 0 Å². The van der Waals surface area contributed by atoms with Crippen molar-refractivity contribution in [2.75, 3.05) is 18.5 Å². The molecule has 0 saturated carbocycles. The number of hydrogen-bond donors (Lipinski definition) is 1. The molecular formula is C16H19ClFN3O2S2. The third-order valence-corrected chi connectivity index (χ3v) is 7.12. The number of nitrogens with one attached hydrogen (secondary N) is 1. The Morgan fingerprint density at radius 3 is 2.84 bits per heavy atom. The van der Waals surface area contributed by atoms with E-state index in [0.717, 1.165) is 13.0 Å². The second-order valence-electron chi connectivity index (χ2n) is 6.18. The number of thiazole rings is 1. The van der Waals surface area contributed by atoms with Crippen LogP contribution in [0.25, 0.3) is 0 Å². The highest BCUT2D eigenvalue weighted by molar-refractivity contribution is 7.90. The smallest absolute Gasteiger partial charge is 0.187 e. The molecule has 1 aliphatic heterocycles. The summed E-state index contributed by atoms with van der Waals surface area (Å²) in [6.45, 7) is 2.95. The van der Waals surface area contributed by atoms with Crippen molar-refractivity contribution in [3.63, 3.8) is 0 Å². The zero-order chi connectivity index (χ0) is 18.2. The molecule has 2 heterocycles. The number of halogens is 2. The van der Waals surface area contributed by atoms with E-state index in [4.69, 9.17) is 11.6 Å². The summed E-state index contributed by atoms with van der Waals surface area (Å²) in [5, 5.41) is 5.19. The van der Waals surface area contributed by atoms with E-state index < -0.39 is 15.7 Å². The quantitative estimate of drug-likeness (QED) is 0.831. The maximum atomic E-state index is 14.6. The summed E-state index contributed by atoms with van der Waals surface area (Å²) in [7, 11) is -2.01. The van der Waals surface area contributed by atoms with Gasteiger partial charge in [-0.05, 0) is 26.0 Å². The zero-order valence-corrected chi connectivity index (χ0v) is 16.3. The third-order valence-electron chi connectivity index (χ3n) is 4.52. The number of hydrogen-bond acceptors (Lipinski definition) is 6. The van der Waals surface area contributed by atoms with E-state index in [-0.39, 0.29) is 27.8 Å². The largest absolute Gasteiger partial charge is 0.369 e. The van der Waals surface area contributed by atoms with Crippen LogP contribution in [0.2, 0.25) is 5.02 Å². The Morgan fingerprint density at radius 1 is 1.48 bits per heavy atom. The Labute approximate surface area is 155 Å². The molecule has 5 nitrogen and oxygen atoms in total. The lowest BCUT2D eigenvalue weighted by Gasteiger charge is -2.30. The molecule has 0 aliphatic carbocycles. The molecule has 1 unspecified atom stereocenters. The lowest BCUT2D eigenvalue weighted by molar-refractivity contribution is 0.552. The first-order valence-electron chi connectivity index (χ1n) is 7.84. The molecule has 2 atom stereocenters. The van der Waals surface area contributed by atoms with Crippen LogP contribution >= 0.6 is 22.9 Å². The number of benzene rings is 1. The van der Waals surface area contributed by atoms with Crippen molar-refractivity contribution in [3.05, 3.63) is 39.6 Å². The maximum absolute atomic E-state index is 14.6. The second-order valence-corrected chi connectivity index (χ2v) is 9.27. The molecule has 1 aromatic carbocycles. The Morgan fingerprint density at radius 2 is 2.24 bits per heavy atom. The highest BCUT2D eigenvalue weighted by atomic mass is 35.5. The van der Waals surface area contributed by atoms with E-state index in [1.807, 2.05) is 11.9 Å². The zero-order valence-electron chi connectivity index (χ0n) is 13.9. The molecule has 136 valence electrons. The molecule has 25 heavy (non-hydrogen) atoms. The Bertz CT molecular complexity index is 859. The van der Waals surface area contributed by atoms with Gasteiger partial charge in [0.2, 0.25) is 0 Å². The Kier molecular flexibility index (Phi) is 5.34. The van der Waals surface area contributed by atoms with Crippen molar-refractivity contribution in [1.82, 2.24) is 10.3 Å². The topological polar surface area (TPSA) is 62.3 Å². The van der Waals surface area contributed by atoms with Crippen molar-refractivity contribution < 1.29 is 12.8 Å². The molecule has 0 amide bonds. The maximum Gasteiger partial charge on any atom is 0.187 e. The van der Waals surface area contributed by atoms with Crippen LogP contribution in [0.1, 0.15) is 19.0 Å². The van der Waals surface area contributed by atoms with Gasteiger partial charge in [-0.25, -0.2) is 17.8 Å². The van der Waals surface area contributed by atoms with Crippen LogP contribution in [0, 0.1) is 5.82 Å². The van der Waals surface area contributed by atoms with Crippen LogP contribution in [0.5, 0.6) is 0 Å². The molecule has 2 aromatic rings. The molecule has 1 N–H and O–H groups in total. The van der Waals surface area contributed by atoms with Crippen molar-refractivity contribution in [3.8, 4) is 0 Å². The van der Waals surface area contributed by atoms with E-state index in [9.17, 15) is 12.8 Å².